The van der Waals surface area contributed by atoms with Crippen LogP contribution in [0.4, 0.5) is 5.69 Å². The summed E-state index contributed by atoms with van der Waals surface area (Å²) in [7, 11) is 1.69. The zero-order chi connectivity index (χ0) is 22.5. The van der Waals surface area contributed by atoms with Crippen LogP contribution in [0, 0.1) is 5.92 Å². The number of rotatable bonds is 7. The van der Waals surface area contributed by atoms with E-state index in [1.54, 1.807) is 18.9 Å². The van der Waals surface area contributed by atoms with Crippen LogP contribution in [-0.2, 0) is 16.1 Å². The number of anilines is 1. The molecular formula is C26H29NO4S. The van der Waals surface area contributed by atoms with Gasteiger partial charge in [-0.05, 0) is 35.4 Å². The van der Waals surface area contributed by atoms with E-state index in [9.17, 15) is 5.11 Å². The van der Waals surface area contributed by atoms with E-state index in [0.29, 0.717) is 5.69 Å². The van der Waals surface area contributed by atoms with E-state index < -0.39 is 6.29 Å². The van der Waals surface area contributed by atoms with E-state index in [4.69, 9.17) is 19.9 Å². The quantitative estimate of drug-likeness (QED) is 0.372. The van der Waals surface area contributed by atoms with Crippen LogP contribution in [0.2, 0.25) is 0 Å². The summed E-state index contributed by atoms with van der Waals surface area (Å²) in [5.41, 5.74) is 9.55. The zero-order valence-corrected chi connectivity index (χ0v) is 19.1. The summed E-state index contributed by atoms with van der Waals surface area (Å²) >= 11 is 1.72. The summed E-state index contributed by atoms with van der Waals surface area (Å²) in [5.74, 6) is 1.74. The second kappa shape index (κ2) is 10.4. The molecule has 32 heavy (non-hydrogen) atoms. The Hall–Kier alpha value is -2.51. The van der Waals surface area contributed by atoms with Crippen LogP contribution in [0.15, 0.2) is 77.7 Å². The van der Waals surface area contributed by atoms with Gasteiger partial charge < -0.3 is 25.1 Å². The molecule has 0 aromatic heterocycles. The molecule has 0 radical (unpaired) electrons. The van der Waals surface area contributed by atoms with Crippen molar-refractivity contribution in [3.8, 4) is 5.75 Å². The smallest absolute Gasteiger partial charge is 0.185 e. The monoisotopic (exact) mass is 451 g/mol. The second-order valence-electron chi connectivity index (χ2n) is 7.95. The summed E-state index contributed by atoms with van der Waals surface area (Å²) in [6.07, 6.45) is -0.709. The first kappa shape index (κ1) is 22.7. The van der Waals surface area contributed by atoms with E-state index in [1.807, 2.05) is 66.7 Å². The molecule has 1 aliphatic heterocycles. The standard InChI is InChI=1S/C26H29NO4S/c1-17-23(16-32-24-9-4-3-8-22(24)29-2)30-26(20-6-5-7-21(27)14-20)31-25(17)19-12-10-18(15-28)11-13-19/h3-14,17,23,25-26,28H,15-16,27H2,1-2H3/t17-,23+,25+,26+/m0/s1. The number of hydrogen-bond donors (Lipinski definition) is 2. The SMILES string of the molecule is COc1ccccc1SC[C@H]1O[C@@H](c2cccc(N)c2)O[C@@H](c2ccc(CO)cc2)[C@H]1C. The predicted octanol–water partition coefficient (Wildman–Crippen LogP) is 5.35. The van der Waals surface area contributed by atoms with Gasteiger partial charge in [0.2, 0.25) is 0 Å². The molecule has 0 aliphatic carbocycles. The van der Waals surface area contributed by atoms with Gasteiger partial charge in [-0.1, -0.05) is 55.5 Å². The molecule has 1 saturated heterocycles. The van der Waals surface area contributed by atoms with Crippen molar-refractivity contribution in [1.29, 1.82) is 0 Å². The number of aliphatic hydroxyl groups excluding tert-OH is 1. The lowest BCUT2D eigenvalue weighted by Gasteiger charge is -2.41. The summed E-state index contributed by atoms with van der Waals surface area (Å²) in [6, 6.07) is 23.6. The predicted molar refractivity (Wildman–Crippen MR) is 128 cm³/mol. The number of benzene rings is 3. The highest BCUT2D eigenvalue weighted by atomic mass is 32.2. The highest BCUT2D eigenvalue weighted by Gasteiger charge is 2.38. The molecule has 4 rings (SSSR count). The molecule has 4 atom stereocenters. The Morgan fingerprint density at radius 1 is 0.969 bits per heavy atom. The molecule has 3 aromatic rings. The van der Waals surface area contributed by atoms with Crippen molar-refractivity contribution in [3.05, 3.63) is 89.5 Å². The number of methoxy groups -OCH3 is 1. The first-order chi connectivity index (χ1) is 15.6. The van der Waals surface area contributed by atoms with Crippen LogP contribution in [0.1, 0.15) is 36.0 Å². The van der Waals surface area contributed by atoms with Gasteiger partial charge in [-0.2, -0.15) is 0 Å². The lowest BCUT2D eigenvalue weighted by Crippen LogP contribution is -2.38. The Labute approximate surface area is 193 Å². The lowest BCUT2D eigenvalue weighted by atomic mass is 9.91. The molecule has 0 saturated carbocycles. The Morgan fingerprint density at radius 3 is 2.47 bits per heavy atom. The van der Waals surface area contributed by atoms with Crippen LogP contribution in [0.5, 0.6) is 5.75 Å². The summed E-state index contributed by atoms with van der Waals surface area (Å²) in [5, 5.41) is 9.39. The van der Waals surface area contributed by atoms with E-state index in [2.05, 4.69) is 13.0 Å². The molecule has 0 unspecified atom stereocenters. The molecular weight excluding hydrogens is 422 g/mol. The number of thioether (sulfide) groups is 1. The van der Waals surface area contributed by atoms with Crippen molar-refractivity contribution in [1.82, 2.24) is 0 Å². The fourth-order valence-electron chi connectivity index (χ4n) is 3.93. The maximum atomic E-state index is 9.39. The minimum absolute atomic E-state index is 0.0224. The first-order valence-electron chi connectivity index (χ1n) is 10.7. The molecule has 0 bridgehead atoms. The van der Waals surface area contributed by atoms with Gasteiger partial charge >= 0.3 is 0 Å². The normalized spacial score (nSPS) is 23.1. The topological polar surface area (TPSA) is 73.9 Å². The van der Waals surface area contributed by atoms with E-state index in [-0.39, 0.29) is 24.7 Å². The van der Waals surface area contributed by atoms with Crippen LogP contribution >= 0.6 is 11.8 Å². The van der Waals surface area contributed by atoms with E-state index in [0.717, 1.165) is 33.1 Å². The third-order valence-corrected chi connectivity index (χ3v) is 6.92. The Balaban J connectivity index is 1.60. The van der Waals surface area contributed by atoms with Crippen molar-refractivity contribution in [2.75, 3.05) is 18.6 Å². The van der Waals surface area contributed by atoms with E-state index in [1.165, 1.54) is 0 Å². The fraction of sp³-hybridized carbons (Fsp3) is 0.308. The maximum absolute atomic E-state index is 9.39. The van der Waals surface area contributed by atoms with E-state index >= 15 is 0 Å². The molecule has 1 fully saturated rings. The average molecular weight is 452 g/mol. The van der Waals surface area contributed by atoms with Crippen molar-refractivity contribution < 1.29 is 19.3 Å². The molecule has 1 heterocycles. The molecule has 5 nitrogen and oxygen atoms in total. The minimum Gasteiger partial charge on any atom is -0.496 e. The average Bonchev–Trinajstić information content (AvgIpc) is 2.83. The Bertz CT molecular complexity index is 1030. The molecule has 0 spiro atoms. The van der Waals surface area contributed by atoms with Gasteiger partial charge in [-0.3, -0.25) is 0 Å². The Kier molecular flexibility index (Phi) is 7.37. The second-order valence-corrected chi connectivity index (χ2v) is 9.02. The van der Waals surface area contributed by atoms with Crippen molar-refractivity contribution in [3.63, 3.8) is 0 Å². The van der Waals surface area contributed by atoms with Crippen molar-refractivity contribution >= 4 is 17.4 Å². The molecule has 3 N–H and O–H groups in total. The molecule has 168 valence electrons. The zero-order valence-electron chi connectivity index (χ0n) is 18.3. The van der Waals surface area contributed by atoms with Gasteiger partial charge in [0, 0.05) is 27.8 Å². The highest BCUT2D eigenvalue weighted by molar-refractivity contribution is 7.99. The molecule has 3 aromatic carbocycles. The van der Waals surface area contributed by atoms with Crippen LogP contribution in [-0.4, -0.2) is 24.1 Å². The van der Waals surface area contributed by atoms with Gasteiger partial charge in [0.1, 0.15) is 5.75 Å². The number of hydrogen-bond acceptors (Lipinski definition) is 6. The summed E-state index contributed by atoms with van der Waals surface area (Å²) < 4.78 is 18.4. The largest absolute Gasteiger partial charge is 0.496 e. The number of aliphatic hydroxyl groups is 1. The number of ether oxygens (including phenoxy) is 3. The third kappa shape index (κ3) is 5.10. The molecule has 0 amide bonds. The van der Waals surface area contributed by atoms with Gasteiger partial charge in [0.15, 0.2) is 6.29 Å². The van der Waals surface area contributed by atoms with Crippen molar-refractivity contribution in [2.45, 2.75) is 36.9 Å². The van der Waals surface area contributed by atoms with Crippen LogP contribution in [0.3, 0.4) is 0 Å². The molecule has 6 heteroatoms. The third-order valence-electron chi connectivity index (χ3n) is 5.78. The molecule has 1 aliphatic rings. The van der Waals surface area contributed by atoms with Crippen molar-refractivity contribution in [2.24, 2.45) is 5.92 Å². The Morgan fingerprint density at radius 2 is 1.75 bits per heavy atom. The number of nitrogens with two attached hydrogens (primary N) is 1. The van der Waals surface area contributed by atoms with Gasteiger partial charge in [0.25, 0.3) is 0 Å². The van der Waals surface area contributed by atoms with Gasteiger partial charge in [-0.25, -0.2) is 0 Å². The van der Waals surface area contributed by atoms with Crippen LogP contribution < -0.4 is 10.5 Å². The van der Waals surface area contributed by atoms with Crippen LogP contribution in [0.25, 0.3) is 0 Å². The first-order valence-corrected chi connectivity index (χ1v) is 11.7. The summed E-state index contributed by atoms with van der Waals surface area (Å²) in [6.45, 7) is 2.18. The lowest BCUT2D eigenvalue weighted by molar-refractivity contribution is -0.268. The summed E-state index contributed by atoms with van der Waals surface area (Å²) in [4.78, 5) is 1.08. The minimum atomic E-state index is -0.513. The number of nitrogen functional groups attached to an aromatic ring is 1. The fourth-order valence-corrected chi connectivity index (χ4v) is 5.12. The van der Waals surface area contributed by atoms with Gasteiger partial charge in [0.05, 0.1) is 25.9 Å². The highest BCUT2D eigenvalue weighted by Crippen LogP contribution is 2.43. The van der Waals surface area contributed by atoms with Gasteiger partial charge in [-0.15, -0.1) is 11.8 Å². The number of para-hydroxylation sites is 1. The maximum Gasteiger partial charge on any atom is 0.185 e.